The Kier molecular flexibility index (Phi) is 7.21. The lowest BCUT2D eigenvalue weighted by Crippen LogP contribution is -2.30. The van der Waals surface area contributed by atoms with Crippen LogP contribution in [0.2, 0.25) is 5.02 Å². The lowest BCUT2D eigenvalue weighted by molar-refractivity contribution is -0.122. The van der Waals surface area contributed by atoms with Crippen LogP contribution in [0.25, 0.3) is 0 Å². The van der Waals surface area contributed by atoms with Crippen molar-refractivity contribution < 1.29 is 14.3 Å². The number of benzene rings is 3. The molecule has 0 aromatic heterocycles. The van der Waals surface area contributed by atoms with Crippen molar-refractivity contribution in [2.45, 2.75) is 39.2 Å². The van der Waals surface area contributed by atoms with E-state index in [4.69, 9.17) is 16.3 Å². The van der Waals surface area contributed by atoms with Gasteiger partial charge in [0.05, 0.1) is 5.02 Å². The number of para-hydroxylation sites is 1. The maximum absolute atomic E-state index is 12.6. The summed E-state index contributed by atoms with van der Waals surface area (Å²) in [5.41, 5.74) is 2.87. The van der Waals surface area contributed by atoms with Crippen molar-refractivity contribution in [1.82, 2.24) is 0 Å². The van der Waals surface area contributed by atoms with Crippen LogP contribution in [0.4, 0.5) is 11.4 Å². The standard InChI is InChI=1S/C26H27ClN2O3/c1-17(32-23-11-6-5-10-22(23)27)24(30)28-20-8-7-9-21(16-20)29-25(31)18-12-14-19(15-13-18)26(2,3)4/h5-17H,1-4H3,(H,28,30)(H,29,31). The van der Waals surface area contributed by atoms with E-state index in [1.165, 1.54) is 0 Å². The first-order valence-electron chi connectivity index (χ1n) is 10.4. The molecule has 3 rings (SSSR count). The molecular weight excluding hydrogens is 424 g/mol. The van der Waals surface area contributed by atoms with E-state index >= 15 is 0 Å². The van der Waals surface area contributed by atoms with Gasteiger partial charge >= 0.3 is 0 Å². The maximum Gasteiger partial charge on any atom is 0.265 e. The summed E-state index contributed by atoms with van der Waals surface area (Å²) >= 11 is 6.09. The van der Waals surface area contributed by atoms with Gasteiger partial charge in [-0.25, -0.2) is 0 Å². The van der Waals surface area contributed by atoms with E-state index in [0.29, 0.717) is 27.7 Å². The van der Waals surface area contributed by atoms with Crippen LogP contribution in [0, 0.1) is 0 Å². The highest BCUT2D eigenvalue weighted by Gasteiger charge is 2.17. The van der Waals surface area contributed by atoms with E-state index in [-0.39, 0.29) is 17.2 Å². The van der Waals surface area contributed by atoms with E-state index in [9.17, 15) is 9.59 Å². The Labute approximate surface area is 193 Å². The van der Waals surface area contributed by atoms with Gasteiger partial charge in [0.25, 0.3) is 11.8 Å². The molecule has 166 valence electrons. The van der Waals surface area contributed by atoms with Crippen LogP contribution >= 0.6 is 11.6 Å². The third-order valence-corrected chi connectivity index (χ3v) is 5.22. The lowest BCUT2D eigenvalue weighted by atomic mass is 9.87. The number of carbonyl (C=O) groups excluding carboxylic acids is 2. The Morgan fingerprint density at radius 3 is 2.12 bits per heavy atom. The Hall–Kier alpha value is -3.31. The van der Waals surface area contributed by atoms with Crippen molar-refractivity contribution in [3.05, 3.63) is 88.9 Å². The predicted molar refractivity (Wildman–Crippen MR) is 130 cm³/mol. The second kappa shape index (κ2) is 9.88. The highest BCUT2D eigenvalue weighted by molar-refractivity contribution is 6.32. The molecule has 0 saturated carbocycles. The van der Waals surface area contributed by atoms with Gasteiger partial charge in [0.15, 0.2) is 6.10 Å². The first-order chi connectivity index (χ1) is 15.1. The summed E-state index contributed by atoms with van der Waals surface area (Å²) in [5, 5.41) is 6.11. The molecule has 0 aliphatic heterocycles. The zero-order chi connectivity index (χ0) is 23.3. The Morgan fingerprint density at radius 1 is 0.875 bits per heavy atom. The van der Waals surface area contributed by atoms with Crippen LogP contribution in [-0.2, 0) is 10.2 Å². The highest BCUT2D eigenvalue weighted by Crippen LogP contribution is 2.25. The molecule has 0 aliphatic rings. The summed E-state index contributed by atoms with van der Waals surface area (Å²) in [4.78, 5) is 25.2. The summed E-state index contributed by atoms with van der Waals surface area (Å²) in [7, 11) is 0. The molecule has 0 saturated heterocycles. The van der Waals surface area contributed by atoms with Crippen molar-refractivity contribution in [2.24, 2.45) is 0 Å². The number of carbonyl (C=O) groups is 2. The third kappa shape index (κ3) is 6.11. The fourth-order valence-corrected chi connectivity index (χ4v) is 3.21. The molecule has 0 spiro atoms. The van der Waals surface area contributed by atoms with E-state index in [2.05, 4.69) is 31.4 Å². The Balaban J connectivity index is 1.63. The van der Waals surface area contributed by atoms with Gasteiger partial charge in [0.2, 0.25) is 0 Å². The number of ether oxygens (including phenoxy) is 1. The second-order valence-corrected chi connectivity index (χ2v) is 8.95. The molecule has 5 nitrogen and oxygen atoms in total. The summed E-state index contributed by atoms with van der Waals surface area (Å²) in [6, 6.07) is 21.5. The second-order valence-electron chi connectivity index (χ2n) is 8.54. The molecule has 0 radical (unpaired) electrons. The molecule has 32 heavy (non-hydrogen) atoms. The van der Waals surface area contributed by atoms with Gasteiger partial charge in [-0.1, -0.05) is 62.7 Å². The van der Waals surface area contributed by atoms with E-state index in [1.54, 1.807) is 55.5 Å². The van der Waals surface area contributed by atoms with Gasteiger partial charge < -0.3 is 15.4 Å². The molecule has 0 fully saturated rings. The van der Waals surface area contributed by atoms with Gasteiger partial charge in [0, 0.05) is 16.9 Å². The molecule has 3 aromatic rings. The summed E-state index contributed by atoms with van der Waals surface area (Å²) in [5.74, 6) is -0.106. The molecule has 1 atom stereocenters. The van der Waals surface area contributed by atoms with E-state index < -0.39 is 6.10 Å². The van der Waals surface area contributed by atoms with Crippen LogP contribution in [0.1, 0.15) is 43.6 Å². The molecule has 6 heteroatoms. The van der Waals surface area contributed by atoms with Crippen LogP contribution in [-0.4, -0.2) is 17.9 Å². The number of hydrogen-bond donors (Lipinski definition) is 2. The first kappa shape index (κ1) is 23.4. The minimum atomic E-state index is -0.755. The molecule has 2 N–H and O–H groups in total. The average Bonchev–Trinajstić information content (AvgIpc) is 2.75. The topological polar surface area (TPSA) is 67.4 Å². The first-order valence-corrected chi connectivity index (χ1v) is 10.8. The SMILES string of the molecule is CC(Oc1ccccc1Cl)C(=O)Nc1cccc(NC(=O)c2ccc(C(C)(C)C)cc2)c1. The largest absolute Gasteiger partial charge is 0.479 e. The molecule has 3 aromatic carbocycles. The van der Waals surface area contributed by atoms with Gasteiger partial charge in [0.1, 0.15) is 5.75 Å². The monoisotopic (exact) mass is 450 g/mol. The van der Waals surface area contributed by atoms with Crippen molar-refractivity contribution in [3.63, 3.8) is 0 Å². The molecule has 0 aliphatic carbocycles. The number of amides is 2. The zero-order valence-corrected chi connectivity index (χ0v) is 19.4. The summed E-state index contributed by atoms with van der Waals surface area (Å²) < 4.78 is 5.65. The van der Waals surface area contributed by atoms with E-state index in [1.807, 2.05) is 24.3 Å². The fraction of sp³-hybridized carbons (Fsp3) is 0.231. The van der Waals surface area contributed by atoms with Crippen molar-refractivity contribution in [2.75, 3.05) is 10.6 Å². The van der Waals surface area contributed by atoms with Crippen LogP contribution in [0.15, 0.2) is 72.8 Å². The predicted octanol–water partition coefficient (Wildman–Crippen LogP) is 6.30. The number of hydrogen-bond acceptors (Lipinski definition) is 3. The van der Waals surface area contributed by atoms with Gasteiger partial charge in [-0.05, 0) is 60.4 Å². The molecule has 1 unspecified atom stereocenters. The van der Waals surface area contributed by atoms with Crippen LogP contribution in [0.3, 0.4) is 0 Å². The molecular formula is C26H27ClN2O3. The minimum absolute atomic E-state index is 0.0221. The normalized spacial score (nSPS) is 12.0. The van der Waals surface area contributed by atoms with E-state index in [0.717, 1.165) is 5.56 Å². The third-order valence-electron chi connectivity index (χ3n) is 4.91. The van der Waals surface area contributed by atoms with Crippen molar-refractivity contribution in [1.29, 1.82) is 0 Å². The number of halogens is 1. The van der Waals surface area contributed by atoms with Crippen LogP contribution < -0.4 is 15.4 Å². The highest BCUT2D eigenvalue weighted by atomic mass is 35.5. The Morgan fingerprint density at radius 2 is 1.50 bits per heavy atom. The van der Waals surface area contributed by atoms with Crippen molar-refractivity contribution >= 4 is 34.8 Å². The lowest BCUT2D eigenvalue weighted by Gasteiger charge is -2.19. The summed E-state index contributed by atoms with van der Waals surface area (Å²) in [6.07, 6.45) is -0.755. The smallest absolute Gasteiger partial charge is 0.265 e. The number of anilines is 2. The molecule has 0 bridgehead atoms. The number of rotatable bonds is 6. The summed E-state index contributed by atoms with van der Waals surface area (Å²) in [6.45, 7) is 8.03. The van der Waals surface area contributed by atoms with Crippen molar-refractivity contribution in [3.8, 4) is 5.75 Å². The maximum atomic E-state index is 12.6. The number of nitrogens with one attached hydrogen (secondary N) is 2. The average molecular weight is 451 g/mol. The Bertz CT molecular complexity index is 1100. The van der Waals surface area contributed by atoms with Gasteiger partial charge in [-0.3, -0.25) is 9.59 Å². The van der Waals surface area contributed by atoms with Crippen LogP contribution in [0.5, 0.6) is 5.75 Å². The fourth-order valence-electron chi connectivity index (χ4n) is 3.03. The molecule has 2 amide bonds. The quantitative estimate of drug-likeness (QED) is 0.463. The minimum Gasteiger partial charge on any atom is -0.479 e. The molecule has 0 heterocycles. The van der Waals surface area contributed by atoms with Gasteiger partial charge in [-0.15, -0.1) is 0 Å². The zero-order valence-electron chi connectivity index (χ0n) is 18.6. The van der Waals surface area contributed by atoms with Gasteiger partial charge in [-0.2, -0.15) is 0 Å².